The largest absolute Gasteiger partial charge is 0.179 e. The van der Waals surface area contributed by atoms with E-state index in [0.29, 0.717) is 0 Å². The minimum atomic E-state index is 0.843. The summed E-state index contributed by atoms with van der Waals surface area (Å²) in [5, 5.41) is 0. The summed E-state index contributed by atoms with van der Waals surface area (Å²) in [6.45, 7) is 0. The van der Waals surface area contributed by atoms with E-state index in [1.54, 1.807) is 0 Å². The van der Waals surface area contributed by atoms with Crippen LogP contribution in [0.2, 0.25) is 0 Å². The number of hydrogen-bond acceptors (Lipinski definition) is 1. The second-order valence-corrected chi connectivity index (χ2v) is 7.60. The molecule has 0 aromatic carbocycles. The topological polar surface area (TPSA) is 0 Å². The van der Waals surface area contributed by atoms with E-state index < -0.39 is 0 Å². The highest BCUT2D eigenvalue weighted by molar-refractivity contribution is 7.80. The molecule has 0 saturated carbocycles. The van der Waals surface area contributed by atoms with Gasteiger partial charge in [-0.3, -0.25) is 0 Å². The Hall–Kier alpha value is 0.640. The summed E-state index contributed by atoms with van der Waals surface area (Å²) >= 11 is 9.93. The van der Waals surface area contributed by atoms with Crippen molar-refractivity contribution >= 4 is 24.2 Å². The number of rotatable bonds is 19. The van der Waals surface area contributed by atoms with Crippen molar-refractivity contribution in [2.24, 2.45) is 0 Å². The van der Waals surface area contributed by atoms with Crippen molar-refractivity contribution in [3.8, 4) is 0 Å². The molecule has 0 bridgehead atoms. The molecule has 0 radical (unpaired) electrons. The molecular formula is C20H41ClS. The van der Waals surface area contributed by atoms with Crippen LogP contribution in [0.4, 0.5) is 0 Å². The van der Waals surface area contributed by atoms with Crippen LogP contribution < -0.4 is 0 Å². The van der Waals surface area contributed by atoms with Gasteiger partial charge in [0.15, 0.2) is 0 Å². The molecule has 0 aliphatic rings. The van der Waals surface area contributed by atoms with Crippen LogP contribution in [-0.4, -0.2) is 11.6 Å². The first-order valence-electron chi connectivity index (χ1n) is 10.1. The van der Waals surface area contributed by atoms with Gasteiger partial charge in [-0.25, -0.2) is 0 Å². The molecule has 0 aliphatic carbocycles. The average molecular weight is 349 g/mol. The lowest BCUT2D eigenvalue weighted by Crippen LogP contribution is -1.84. The van der Waals surface area contributed by atoms with Crippen LogP contribution in [0.3, 0.4) is 0 Å². The van der Waals surface area contributed by atoms with Gasteiger partial charge in [0.1, 0.15) is 0 Å². The van der Waals surface area contributed by atoms with Crippen molar-refractivity contribution in [2.75, 3.05) is 11.6 Å². The number of alkyl halides is 1. The number of halogens is 1. The molecule has 0 spiro atoms. The van der Waals surface area contributed by atoms with Gasteiger partial charge in [0, 0.05) is 5.88 Å². The minimum Gasteiger partial charge on any atom is -0.179 e. The third-order valence-electron chi connectivity index (χ3n) is 4.54. The summed E-state index contributed by atoms with van der Waals surface area (Å²) in [4.78, 5) is 0. The summed E-state index contributed by atoms with van der Waals surface area (Å²) in [7, 11) is 0. The maximum Gasteiger partial charge on any atom is 0.0223 e. The third kappa shape index (κ3) is 20.6. The molecule has 0 heterocycles. The molecular weight excluding hydrogens is 308 g/mol. The van der Waals surface area contributed by atoms with Crippen LogP contribution >= 0.6 is 24.2 Å². The Labute approximate surface area is 151 Å². The molecule has 0 unspecified atom stereocenters. The maximum atomic E-state index is 5.68. The van der Waals surface area contributed by atoms with Gasteiger partial charge in [-0.2, -0.15) is 12.6 Å². The molecule has 134 valence electrons. The van der Waals surface area contributed by atoms with E-state index in [-0.39, 0.29) is 0 Å². The van der Waals surface area contributed by atoms with E-state index in [1.807, 2.05) is 0 Å². The first-order valence-corrected chi connectivity index (χ1v) is 11.3. The standard InChI is InChI=1S/C20H41ClS/c21-19-17-15-13-11-9-7-5-3-1-2-4-6-8-10-12-14-16-18-20-22/h22H,1-20H2. The lowest BCUT2D eigenvalue weighted by Gasteiger charge is -2.03. The Morgan fingerprint density at radius 1 is 0.364 bits per heavy atom. The van der Waals surface area contributed by atoms with Crippen molar-refractivity contribution in [3.63, 3.8) is 0 Å². The summed E-state index contributed by atoms with van der Waals surface area (Å²) in [5.41, 5.74) is 0. The first-order chi connectivity index (χ1) is 10.9. The van der Waals surface area contributed by atoms with Crippen LogP contribution in [0.1, 0.15) is 116 Å². The van der Waals surface area contributed by atoms with Crippen LogP contribution in [-0.2, 0) is 0 Å². The van der Waals surface area contributed by atoms with E-state index in [9.17, 15) is 0 Å². The molecule has 22 heavy (non-hydrogen) atoms. The quantitative estimate of drug-likeness (QED) is 0.136. The number of unbranched alkanes of at least 4 members (excludes halogenated alkanes) is 17. The zero-order valence-electron chi connectivity index (χ0n) is 15.0. The summed E-state index contributed by atoms with van der Waals surface area (Å²) in [5.74, 6) is 1.91. The fourth-order valence-corrected chi connectivity index (χ4v) is 3.45. The SMILES string of the molecule is SCCCCCCCCCCCCCCCCCCCCCl. The second-order valence-electron chi connectivity index (χ2n) is 6.78. The van der Waals surface area contributed by atoms with Crippen molar-refractivity contribution in [2.45, 2.75) is 116 Å². The molecule has 0 nitrogen and oxygen atoms in total. The Morgan fingerprint density at radius 3 is 0.818 bits per heavy atom. The van der Waals surface area contributed by atoms with Gasteiger partial charge in [-0.15, -0.1) is 11.6 Å². The van der Waals surface area contributed by atoms with E-state index in [2.05, 4.69) is 12.6 Å². The fourth-order valence-electron chi connectivity index (χ4n) is 3.03. The van der Waals surface area contributed by atoms with Gasteiger partial charge in [-0.1, -0.05) is 103 Å². The number of thiol groups is 1. The second kappa shape index (κ2) is 21.6. The van der Waals surface area contributed by atoms with E-state index in [0.717, 1.165) is 11.6 Å². The van der Waals surface area contributed by atoms with Crippen molar-refractivity contribution in [1.82, 2.24) is 0 Å². The van der Waals surface area contributed by atoms with E-state index in [1.165, 1.54) is 116 Å². The van der Waals surface area contributed by atoms with E-state index >= 15 is 0 Å². The minimum absolute atomic E-state index is 0.843. The van der Waals surface area contributed by atoms with Gasteiger partial charge >= 0.3 is 0 Å². The zero-order chi connectivity index (χ0) is 16.1. The molecule has 0 aromatic heterocycles. The Balaban J connectivity index is 2.91. The highest BCUT2D eigenvalue weighted by Crippen LogP contribution is 2.14. The van der Waals surface area contributed by atoms with Crippen LogP contribution in [0.15, 0.2) is 0 Å². The van der Waals surface area contributed by atoms with Crippen molar-refractivity contribution < 1.29 is 0 Å². The molecule has 0 rings (SSSR count). The first kappa shape index (κ1) is 22.6. The van der Waals surface area contributed by atoms with Crippen LogP contribution in [0.25, 0.3) is 0 Å². The van der Waals surface area contributed by atoms with Crippen molar-refractivity contribution in [3.05, 3.63) is 0 Å². The number of hydrogen-bond donors (Lipinski definition) is 1. The van der Waals surface area contributed by atoms with Crippen LogP contribution in [0, 0.1) is 0 Å². The molecule has 0 amide bonds. The van der Waals surface area contributed by atoms with Crippen molar-refractivity contribution in [1.29, 1.82) is 0 Å². The molecule has 0 aromatic rings. The third-order valence-corrected chi connectivity index (χ3v) is 5.13. The fraction of sp³-hybridized carbons (Fsp3) is 1.00. The molecule has 0 atom stereocenters. The predicted octanol–water partition coefficient (Wildman–Crippen LogP) is 8.18. The zero-order valence-corrected chi connectivity index (χ0v) is 16.6. The van der Waals surface area contributed by atoms with Crippen LogP contribution in [0.5, 0.6) is 0 Å². The van der Waals surface area contributed by atoms with Gasteiger partial charge in [-0.05, 0) is 18.6 Å². The normalized spacial score (nSPS) is 11.2. The Morgan fingerprint density at radius 2 is 0.591 bits per heavy atom. The monoisotopic (exact) mass is 348 g/mol. The summed E-state index contributed by atoms with van der Waals surface area (Å²) in [6, 6.07) is 0. The Kier molecular flexibility index (Phi) is 22.3. The summed E-state index contributed by atoms with van der Waals surface area (Å²) < 4.78 is 0. The van der Waals surface area contributed by atoms with Gasteiger partial charge < -0.3 is 0 Å². The van der Waals surface area contributed by atoms with Gasteiger partial charge in [0.25, 0.3) is 0 Å². The van der Waals surface area contributed by atoms with Gasteiger partial charge in [0.05, 0.1) is 0 Å². The summed E-state index contributed by atoms with van der Waals surface area (Å²) in [6.07, 6.45) is 25.5. The highest BCUT2D eigenvalue weighted by Gasteiger charge is 1.95. The average Bonchev–Trinajstić information content (AvgIpc) is 2.54. The lowest BCUT2D eigenvalue weighted by atomic mass is 10.0. The predicted molar refractivity (Wildman–Crippen MR) is 108 cm³/mol. The molecule has 0 saturated heterocycles. The van der Waals surface area contributed by atoms with Gasteiger partial charge in [0.2, 0.25) is 0 Å². The van der Waals surface area contributed by atoms with E-state index in [4.69, 9.17) is 11.6 Å². The highest BCUT2D eigenvalue weighted by atomic mass is 35.5. The molecule has 0 N–H and O–H groups in total. The molecule has 0 aliphatic heterocycles. The lowest BCUT2D eigenvalue weighted by molar-refractivity contribution is 0.527. The Bertz CT molecular complexity index is 165. The smallest absolute Gasteiger partial charge is 0.0223 e. The molecule has 0 fully saturated rings. The maximum absolute atomic E-state index is 5.68. The molecule has 2 heteroatoms.